The Hall–Kier alpha value is -7.41. The van der Waals surface area contributed by atoms with Crippen molar-refractivity contribution < 1.29 is 0 Å². The summed E-state index contributed by atoms with van der Waals surface area (Å²) in [5.74, 6) is 1.78. The van der Waals surface area contributed by atoms with Crippen molar-refractivity contribution in [1.29, 1.82) is 0 Å². The maximum atomic E-state index is 5.34. The molecule has 12 rings (SSSR count). The molecule has 11 aromatic rings. The van der Waals surface area contributed by atoms with E-state index in [-0.39, 0.29) is 0 Å². The predicted octanol–water partition coefficient (Wildman–Crippen LogP) is 10.5. The van der Waals surface area contributed by atoms with Crippen LogP contribution in [-0.2, 0) is 0 Å². The molecule has 6 heteroatoms. The highest BCUT2D eigenvalue weighted by molar-refractivity contribution is 7.12. The fourth-order valence-electron chi connectivity index (χ4n) is 9.63. The fraction of sp³-hybridized carbons (Fsp3) is 0.0192. The van der Waals surface area contributed by atoms with Crippen LogP contribution in [0, 0.1) is 0 Å². The molecule has 8 aromatic carbocycles. The maximum Gasteiger partial charge on any atom is 0.240 e. The van der Waals surface area contributed by atoms with E-state index in [1.165, 1.54) is 37.8 Å². The van der Waals surface area contributed by atoms with Crippen LogP contribution in [0.25, 0.3) is 89.2 Å². The van der Waals surface area contributed by atoms with E-state index < -0.39 is 8.07 Å². The van der Waals surface area contributed by atoms with Gasteiger partial charge in [-0.25, -0.2) is 0 Å². The van der Waals surface area contributed by atoms with Crippen molar-refractivity contribution in [3.8, 4) is 45.5 Å². The maximum absolute atomic E-state index is 5.34. The van der Waals surface area contributed by atoms with Crippen molar-refractivity contribution >= 4 is 67.2 Å². The van der Waals surface area contributed by atoms with Gasteiger partial charge in [-0.05, 0) is 62.1 Å². The van der Waals surface area contributed by atoms with Gasteiger partial charge < -0.3 is 0 Å². The summed E-state index contributed by atoms with van der Waals surface area (Å²) >= 11 is 0. The minimum atomic E-state index is -2.52. The second kappa shape index (κ2) is 12.5. The number of hydrogen-bond acceptors (Lipinski definition) is 3. The molecular formula is C52H35N5Si. The zero-order valence-electron chi connectivity index (χ0n) is 31.7. The van der Waals surface area contributed by atoms with Crippen molar-refractivity contribution in [2.45, 2.75) is 6.55 Å². The van der Waals surface area contributed by atoms with E-state index in [0.717, 1.165) is 49.2 Å². The minimum Gasteiger partial charge on any atom is -0.278 e. The Morgan fingerprint density at radius 3 is 1.10 bits per heavy atom. The SMILES string of the molecule is C[Si]1(c2ccc(-c3nc(-n4c5ccccc5c5ccccc54)nc(-n4c5ccccc5c5ccccc54)n3)cc2)c2ccccc2-c2ccccc2-c2ccccc21. The predicted molar refractivity (Wildman–Crippen MR) is 242 cm³/mol. The third kappa shape index (κ3) is 4.66. The van der Waals surface area contributed by atoms with Gasteiger partial charge in [0.05, 0.1) is 22.1 Å². The molecule has 0 radical (unpaired) electrons. The third-order valence-corrected chi connectivity index (χ3v) is 16.8. The fourth-order valence-corrected chi connectivity index (χ4v) is 13.7. The Morgan fingerprint density at radius 1 is 0.345 bits per heavy atom. The van der Waals surface area contributed by atoms with E-state index >= 15 is 0 Å². The molecule has 0 amide bonds. The molecule has 4 heterocycles. The Bertz CT molecular complexity index is 3130. The lowest BCUT2D eigenvalue weighted by Gasteiger charge is -2.31. The van der Waals surface area contributed by atoms with E-state index in [1.54, 1.807) is 0 Å². The average molecular weight is 758 g/mol. The first-order valence-electron chi connectivity index (χ1n) is 19.8. The number of para-hydroxylation sites is 4. The van der Waals surface area contributed by atoms with Crippen LogP contribution < -0.4 is 15.6 Å². The first-order chi connectivity index (χ1) is 28.7. The van der Waals surface area contributed by atoms with Crippen LogP contribution in [0.5, 0.6) is 0 Å². The van der Waals surface area contributed by atoms with Crippen molar-refractivity contribution in [3.63, 3.8) is 0 Å². The smallest absolute Gasteiger partial charge is 0.240 e. The van der Waals surface area contributed by atoms with Crippen molar-refractivity contribution in [2.24, 2.45) is 0 Å². The lowest BCUT2D eigenvalue weighted by Crippen LogP contribution is -2.65. The first kappa shape index (κ1) is 32.8. The number of benzene rings is 8. The molecule has 1 aliphatic heterocycles. The summed E-state index contributed by atoms with van der Waals surface area (Å²) in [6.07, 6.45) is 0. The molecule has 0 fully saturated rings. The highest BCUT2D eigenvalue weighted by atomic mass is 28.3. The third-order valence-electron chi connectivity index (χ3n) is 12.3. The summed E-state index contributed by atoms with van der Waals surface area (Å²) in [7, 11) is -2.52. The number of hydrogen-bond donors (Lipinski definition) is 0. The Kier molecular flexibility index (Phi) is 7.09. The molecule has 5 nitrogen and oxygen atoms in total. The van der Waals surface area contributed by atoms with Crippen molar-refractivity contribution in [2.75, 3.05) is 0 Å². The summed E-state index contributed by atoms with van der Waals surface area (Å²) < 4.78 is 4.37. The molecule has 0 N–H and O–H groups in total. The van der Waals surface area contributed by atoms with Gasteiger partial charge in [-0.1, -0.05) is 176 Å². The van der Waals surface area contributed by atoms with Crippen LogP contribution in [0.3, 0.4) is 0 Å². The van der Waals surface area contributed by atoms with E-state index in [0.29, 0.717) is 17.7 Å². The topological polar surface area (TPSA) is 48.5 Å². The standard InChI is InChI=1S/C52H35N5Si/c1-58(48-28-14-8-22-42(48)36-16-2-3-17-37(36)43-23-9-15-29-49(43)58)35-32-30-34(31-33-35)50-53-51(56-44-24-10-4-18-38(44)39-19-5-11-25-45(39)56)55-52(54-50)57-46-26-12-6-20-40(46)41-21-7-13-27-47(41)57/h2-33H,1H3. The summed E-state index contributed by atoms with van der Waals surface area (Å²) in [5, 5.41) is 8.81. The second-order valence-corrected chi connectivity index (χ2v) is 19.2. The molecule has 0 bridgehead atoms. The van der Waals surface area contributed by atoms with E-state index in [9.17, 15) is 0 Å². The van der Waals surface area contributed by atoms with E-state index in [4.69, 9.17) is 15.0 Å². The van der Waals surface area contributed by atoms with Gasteiger partial charge in [0.25, 0.3) is 0 Å². The molecule has 272 valence electrons. The van der Waals surface area contributed by atoms with Gasteiger partial charge in [0.2, 0.25) is 11.9 Å². The van der Waals surface area contributed by atoms with Crippen LogP contribution in [0.15, 0.2) is 194 Å². The van der Waals surface area contributed by atoms with Gasteiger partial charge in [0.15, 0.2) is 5.82 Å². The summed E-state index contributed by atoms with van der Waals surface area (Å²) in [5.41, 5.74) is 10.4. The summed E-state index contributed by atoms with van der Waals surface area (Å²) in [6.45, 7) is 2.51. The van der Waals surface area contributed by atoms with Gasteiger partial charge >= 0.3 is 0 Å². The van der Waals surface area contributed by atoms with Gasteiger partial charge in [-0.2, -0.15) is 15.0 Å². The van der Waals surface area contributed by atoms with E-state index in [2.05, 4.69) is 210 Å². The van der Waals surface area contributed by atoms with Crippen LogP contribution >= 0.6 is 0 Å². The Morgan fingerprint density at radius 2 is 0.690 bits per heavy atom. The molecule has 0 saturated heterocycles. The van der Waals surface area contributed by atoms with Gasteiger partial charge in [0, 0.05) is 27.1 Å². The Labute approximate surface area is 336 Å². The normalized spacial score (nSPS) is 13.1. The molecule has 0 saturated carbocycles. The largest absolute Gasteiger partial charge is 0.278 e. The lowest BCUT2D eigenvalue weighted by atomic mass is 9.95. The van der Waals surface area contributed by atoms with Crippen molar-refractivity contribution in [3.05, 3.63) is 194 Å². The number of rotatable bonds is 4. The Balaban J connectivity index is 1.09. The number of fused-ring (bicyclic) bond motifs is 11. The highest BCUT2D eigenvalue weighted by Gasteiger charge is 2.40. The first-order valence-corrected chi connectivity index (χ1v) is 22.3. The van der Waals surface area contributed by atoms with Crippen LogP contribution in [0.4, 0.5) is 0 Å². The monoisotopic (exact) mass is 757 g/mol. The van der Waals surface area contributed by atoms with Gasteiger partial charge in [-0.3, -0.25) is 9.13 Å². The zero-order valence-corrected chi connectivity index (χ0v) is 32.7. The van der Waals surface area contributed by atoms with Crippen LogP contribution in [0.2, 0.25) is 6.55 Å². The minimum absolute atomic E-state index is 0.578. The molecule has 0 atom stereocenters. The number of aromatic nitrogens is 5. The summed E-state index contributed by atoms with van der Waals surface area (Å²) in [4.78, 5) is 16.0. The molecule has 58 heavy (non-hydrogen) atoms. The van der Waals surface area contributed by atoms with Crippen molar-refractivity contribution in [1.82, 2.24) is 24.1 Å². The molecule has 3 aromatic heterocycles. The molecule has 1 aliphatic rings. The van der Waals surface area contributed by atoms with Gasteiger partial charge in [0.1, 0.15) is 8.07 Å². The molecular weight excluding hydrogens is 723 g/mol. The summed E-state index contributed by atoms with van der Waals surface area (Å²) in [6, 6.07) is 70.1. The van der Waals surface area contributed by atoms with E-state index in [1.807, 2.05) is 0 Å². The molecule has 0 unspecified atom stereocenters. The zero-order chi connectivity index (χ0) is 38.4. The lowest BCUT2D eigenvalue weighted by molar-refractivity contribution is 0.893. The molecule has 0 spiro atoms. The number of nitrogens with zero attached hydrogens (tertiary/aromatic N) is 5. The van der Waals surface area contributed by atoms with Gasteiger partial charge in [-0.15, -0.1) is 0 Å². The molecule has 0 aliphatic carbocycles. The van der Waals surface area contributed by atoms with Crippen LogP contribution in [-0.4, -0.2) is 32.2 Å². The second-order valence-electron chi connectivity index (χ2n) is 15.3. The highest BCUT2D eigenvalue weighted by Crippen LogP contribution is 2.37. The quantitative estimate of drug-likeness (QED) is 0.168. The average Bonchev–Trinajstić information content (AvgIpc) is 3.79. The van der Waals surface area contributed by atoms with Crippen LogP contribution in [0.1, 0.15) is 0 Å².